The minimum atomic E-state index is -0.632. The van der Waals surface area contributed by atoms with Gasteiger partial charge in [0.05, 0.1) is 22.3 Å². The number of ether oxygens (including phenoxy) is 1. The van der Waals surface area contributed by atoms with Gasteiger partial charge in [-0.3, -0.25) is 9.48 Å². The SMILES string of the molecule is CCCCn1nc(C)c(Cl)c1[C@H]1C(C#N)=C(N)OC2=C1C(=O)CC(C)(C)C2. The summed E-state index contributed by atoms with van der Waals surface area (Å²) >= 11 is 6.60. The third-order valence-corrected chi connectivity index (χ3v) is 5.63. The first-order valence-electron chi connectivity index (χ1n) is 9.26. The van der Waals surface area contributed by atoms with Crippen LogP contribution in [0.5, 0.6) is 0 Å². The van der Waals surface area contributed by atoms with Gasteiger partial charge in [-0.15, -0.1) is 0 Å². The average Bonchev–Trinajstić information content (AvgIpc) is 2.84. The fraction of sp³-hybridized carbons (Fsp3) is 0.550. The van der Waals surface area contributed by atoms with Gasteiger partial charge in [-0.05, 0) is 18.8 Å². The highest BCUT2D eigenvalue weighted by Crippen LogP contribution is 2.49. The van der Waals surface area contributed by atoms with Crippen molar-refractivity contribution in [2.45, 2.75) is 65.8 Å². The molecule has 0 fully saturated rings. The first-order chi connectivity index (χ1) is 12.7. The summed E-state index contributed by atoms with van der Waals surface area (Å²) in [5.41, 5.74) is 7.92. The molecule has 0 amide bonds. The van der Waals surface area contributed by atoms with Crippen LogP contribution in [0.25, 0.3) is 0 Å². The monoisotopic (exact) mass is 388 g/mol. The van der Waals surface area contributed by atoms with Gasteiger partial charge < -0.3 is 10.5 Å². The minimum Gasteiger partial charge on any atom is -0.444 e. The van der Waals surface area contributed by atoms with E-state index < -0.39 is 5.92 Å². The standard InChI is InChI=1S/C20H25ClN4O2/c1-5-6-7-25-18(17(21)11(2)24-25)15-12(10-22)19(23)27-14-9-20(3,4)8-13(26)16(14)15/h15H,5-9,23H2,1-4H3/t15-/m0/s1. The smallest absolute Gasteiger partial charge is 0.205 e. The van der Waals surface area contributed by atoms with E-state index in [0.717, 1.165) is 12.8 Å². The zero-order valence-electron chi connectivity index (χ0n) is 16.2. The number of hydrogen-bond donors (Lipinski definition) is 1. The summed E-state index contributed by atoms with van der Waals surface area (Å²) in [4.78, 5) is 13.1. The topological polar surface area (TPSA) is 93.9 Å². The Kier molecular flexibility index (Phi) is 5.09. The largest absolute Gasteiger partial charge is 0.444 e. The number of halogens is 1. The van der Waals surface area contributed by atoms with Crippen LogP contribution < -0.4 is 5.73 Å². The van der Waals surface area contributed by atoms with Gasteiger partial charge in [0, 0.05) is 25.0 Å². The molecule has 144 valence electrons. The van der Waals surface area contributed by atoms with E-state index in [1.165, 1.54) is 0 Å². The molecule has 2 N–H and O–H groups in total. The summed E-state index contributed by atoms with van der Waals surface area (Å²) < 4.78 is 7.56. The fourth-order valence-corrected chi connectivity index (χ4v) is 4.13. The number of nitrogens with zero attached hydrogens (tertiary/aromatic N) is 3. The Morgan fingerprint density at radius 1 is 1.44 bits per heavy atom. The van der Waals surface area contributed by atoms with Crippen molar-refractivity contribution in [3.05, 3.63) is 39.2 Å². The van der Waals surface area contributed by atoms with Crippen LogP contribution in [-0.2, 0) is 16.1 Å². The minimum absolute atomic E-state index is 0.0246. The number of carbonyl (C=O) groups is 1. The molecule has 2 aliphatic rings. The number of carbonyl (C=O) groups excluding carboxylic acids is 1. The summed E-state index contributed by atoms with van der Waals surface area (Å²) in [6.45, 7) is 8.63. The van der Waals surface area contributed by atoms with Crippen LogP contribution >= 0.6 is 11.6 Å². The van der Waals surface area contributed by atoms with Crippen molar-refractivity contribution in [1.82, 2.24) is 9.78 Å². The molecule has 0 spiro atoms. The molecule has 0 unspecified atom stereocenters. The molecule has 3 rings (SSSR count). The number of nitriles is 1. The lowest BCUT2D eigenvalue weighted by Gasteiger charge is -2.37. The molecule has 1 aromatic rings. The van der Waals surface area contributed by atoms with Gasteiger partial charge in [-0.1, -0.05) is 38.8 Å². The summed E-state index contributed by atoms with van der Waals surface area (Å²) in [5, 5.41) is 14.8. The summed E-state index contributed by atoms with van der Waals surface area (Å²) in [7, 11) is 0. The molecule has 0 saturated carbocycles. The highest BCUT2D eigenvalue weighted by atomic mass is 35.5. The van der Waals surface area contributed by atoms with Gasteiger partial charge >= 0.3 is 0 Å². The van der Waals surface area contributed by atoms with E-state index >= 15 is 0 Å². The Bertz CT molecular complexity index is 902. The molecule has 0 radical (unpaired) electrons. The van der Waals surface area contributed by atoms with E-state index in [1.807, 2.05) is 25.5 Å². The van der Waals surface area contributed by atoms with E-state index in [1.54, 1.807) is 0 Å². The van der Waals surface area contributed by atoms with Gasteiger partial charge in [0.2, 0.25) is 5.88 Å². The number of nitrogens with two attached hydrogens (primary N) is 1. The number of aromatic nitrogens is 2. The normalized spacial score (nSPS) is 21.8. The Balaban J connectivity index is 2.22. The molecule has 1 aliphatic heterocycles. The van der Waals surface area contributed by atoms with Crippen LogP contribution in [0.3, 0.4) is 0 Å². The number of ketones is 1. The summed E-state index contributed by atoms with van der Waals surface area (Å²) in [6, 6.07) is 2.14. The van der Waals surface area contributed by atoms with Crippen molar-refractivity contribution in [2.24, 2.45) is 11.1 Å². The second-order valence-corrected chi connectivity index (χ2v) is 8.44. The van der Waals surface area contributed by atoms with Gasteiger partial charge in [0.25, 0.3) is 0 Å². The van der Waals surface area contributed by atoms with Crippen LogP contribution in [0, 0.1) is 23.7 Å². The molecule has 0 aromatic carbocycles. The van der Waals surface area contributed by atoms with Crippen LogP contribution in [-0.4, -0.2) is 15.6 Å². The molecule has 0 saturated heterocycles. The molecule has 1 aromatic heterocycles. The van der Waals surface area contributed by atoms with E-state index in [2.05, 4.69) is 18.1 Å². The lowest BCUT2D eigenvalue weighted by Crippen LogP contribution is -2.34. The van der Waals surface area contributed by atoms with Gasteiger partial charge in [-0.2, -0.15) is 10.4 Å². The summed E-state index contributed by atoms with van der Waals surface area (Å²) in [6.07, 6.45) is 2.89. The highest BCUT2D eigenvalue weighted by molar-refractivity contribution is 6.32. The van der Waals surface area contributed by atoms with E-state index in [4.69, 9.17) is 22.1 Å². The maximum Gasteiger partial charge on any atom is 0.205 e. The highest BCUT2D eigenvalue weighted by Gasteiger charge is 2.45. The number of unbranched alkanes of at least 4 members (excludes halogenated alkanes) is 1. The third-order valence-electron chi connectivity index (χ3n) is 5.16. The van der Waals surface area contributed by atoms with Gasteiger partial charge in [0.15, 0.2) is 5.78 Å². The molecule has 1 atom stereocenters. The Labute approximate surface area is 164 Å². The van der Waals surface area contributed by atoms with E-state index in [9.17, 15) is 10.1 Å². The van der Waals surface area contributed by atoms with Crippen LogP contribution in [0.2, 0.25) is 5.02 Å². The predicted octanol–water partition coefficient (Wildman–Crippen LogP) is 4.10. The zero-order valence-corrected chi connectivity index (χ0v) is 17.0. The third kappa shape index (κ3) is 3.37. The number of allylic oxidation sites excluding steroid dienone is 3. The zero-order chi connectivity index (χ0) is 19.9. The van der Waals surface area contributed by atoms with Gasteiger partial charge in [0.1, 0.15) is 17.4 Å². The van der Waals surface area contributed by atoms with E-state index in [-0.39, 0.29) is 22.7 Å². The Morgan fingerprint density at radius 2 is 2.15 bits per heavy atom. The maximum atomic E-state index is 13.1. The average molecular weight is 389 g/mol. The lowest BCUT2D eigenvalue weighted by atomic mass is 9.71. The van der Waals surface area contributed by atoms with Crippen molar-refractivity contribution >= 4 is 17.4 Å². The summed E-state index contributed by atoms with van der Waals surface area (Å²) in [5.74, 6) is -0.0604. The number of aryl methyl sites for hydroxylation is 2. The van der Waals surface area contributed by atoms with Crippen LogP contribution in [0.4, 0.5) is 0 Å². The first kappa shape index (κ1) is 19.5. The van der Waals surface area contributed by atoms with Crippen molar-refractivity contribution < 1.29 is 9.53 Å². The predicted molar refractivity (Wildman–Crippen MR) is 103 cm³/mol. The van der Waals surface area contributed by atoms with E-state index in [0.29, 0.717) is 47.1 Å². The van der Waals surface area contributed by atoms with Crippen molar-refractivity contribution in [2.75, 3.05) is 0 Å². The molecular formula is C20H25ClN4O2. The fourth-order valence-electron chi connectivity index (χ4n) is 3.89. The number of hydrogen-bond acceptors (Lipinski definition) is 5. The van der Waals surface area contributed by atoms with Gasteiger partial charge in [-0.25, -0.2) is 0 Å². The molecule has 0 bridgehead atoms. The second kappa shape index (κ2) is 7.05. The van der Waals surface area contributed by atoms with Crippen molar-refractivity contribution in [1.29, 1.82) is 5.26 Å². The number of Topliss-reactive ketones (excluding diaryl/α,β-unsaturated/α-hetero) is 1. The van der Waals surface area contributed by atoms with Crippen molar-refractivity contribution in [3.63, 3.8) is 0 Å². The first-order valence-corrected chi connectivity index (χ1v) is 9.64. The molecule has 1 aliphatic carbocycles. The van der Waals surface area contributed by atoms with Crippen LogP contribution in [0.1, 0.15) is 63.8 Å². The second-order valence-electron chi connectivity index (χ2n) is 8.06. The Morgan fingerprint density at radius 3 is 2.78 bits per heavy atom. The Hall–Kier alpha value is -2.26. The molecule has 7 heteroatoms. The molecule has 27 heavy (non-hydrogen) atoms. The van der Waals surface area contributed by atoms with Crippen LogP contribution in [0.15, 0.2) is 22.8 Å². The quantitative estimate of drug-likeness (QED) is 0.837. The lowest BCUT2D eigenvalue weighted by molar-refractivity contribution is -0.119. The molecule has 2 heterocycles. The molecular weight excluding hydrogens is 364 g/mol. The maximum absolute atomic E-state index is 13.1. The number of rotatable bonds is 4. The van der Waals surface area contributed by atoms with Crippen molar-refractivity contribution in [3.8, 4) is 6.07 Å². The molecule has 6 nitrogen and oxygen atoms in total.